The van der Waals surface area contributed by atoms with Crippen LogP contribution in [0.5, 0.6) is 0 Å². The smallest absolute Gasteiger partial charge is 0.329 e. The summed E-state index contributed by atoms with van der Waals surface area (Å²) < 4.78 is 5.33. The first-order chi connectivity index (χ1) is 14.7. The van der Waals surface area contributed by atoms with Crippen molar-refractivity contribution in [3.8, 4) is 0 Å². The summed E-state index contributed by atoms with van der Waals surface area (Å²) in [5.74, 6) is 1.02. The SMILES string of the molecule is C=C(C)CN(CC)C(=O)COC(=O)[C@@H]1CC(O)CN1C(=O)C12CC3CC(CC(C3)C1)C2. The molecule has 0 radical (unpaired) electrons. The summed E-state index contributed by atoms with van der Waals surface area (Å²) >= 11 is 0. The van der Waals surface area contributed by atoms with Gasteiger partial charge in [-0.05, 0) is 70.1 Å². The van der Waals surface area contributed by atoms with Crippen LogP contribution < -0.4 is 0 Å². The van der Waals surface area contributed by atoms with Gasteiger partial charge in [0.1, 0.15) is 6.04 Å². The van der Waals surface area contributed by atoms with Gasteiger partial charge in [0.2, 0.25) is 5.91 Å². The number of aliphatic hydroxyl groups excluding tert-OH is 1. The van der Waals surface area contributed by atoms with Crippen LogP contribution in [0.25, 0.3) is 0 Å². The number of hydrogen-bond acceptors (Lipinski definition) is 5. The van der Waals surface area contributed by atoms with E-state index in [0.717, 1.165) is 24.8 Å². The number of rotatable bonds is 7. The summed E-state index contributed by atoms with van der Waals surface area (Å²) in [5, 5.41) is 10.3. The van der Waals surface area contributed by atoms with Crippen molar-refractivity contribution in [3.05, 3.63) is 12.2 Å². The highest BCUT2D eigenvalue weighted by Crippen LogP contribution is 2.60. The Hall–Kier alpha value is -1.89. The fraction of sp³-hybridized carbons (Fsp3) is 0.792. The molecular weight excluding hydrogens is 396 g/mol. The molecule has 4 bridgehead atoms. The van der Waals surface area contributed by atoms with Gasteiger partial charge in [0, 0.05) is 26.1 Å². The van der Waals surface area contributed by atoms with Crippen molar-refractivity contribution < 1.29 is 24.2 Å². The minimum atomic E-state index is -0.806. The Morgan fingerprint density at radius 2 is 1.68 bits per heavy atom. The molecule has 7 nitrogen and oxygen atoms in total. The van der Waals surface area contributed by atoms with E-state index >= 15 is 0 Å². The summed E-state index contributed by atoms with van der Waals surface area (Å²) in [7, 11) is 0. The molecule has 1 heterocycles. The molecule has 2 atom stereocenters. The molecule has 0 aromatic rings. The Kier molecular flexibility index (Phi) is 6.16. The highest BCUT2D eigenvalue weighted by atomic mass is 16.5. The van der Waals surface area contributed by atoms with E-state index in [-0.39, 0.29) is 36.8 Å². The monoisotopic (exact) mass is 432 g/mol. The van der Waals surface area contributed by atoms with Crippen LogP contribution in [0, 0.1) is 23.2 Å². The van der Waals surface area contributed by atoms with Crippen LogP contribution in [0.15, 0.2) is 12.2 Å². The minimum absolute atomic E-state index is 0.0221. The number of β-amino-alcohol motifs (C(OH)–C–C–N with tert-alkyl or cyclic N) is 1. The van der Waals surface area contributed by atoms with Gasteiger partial charge in [-0.25, -0.2) is 4.79 Å². The van der Waals surface area contributed by atoms with E-state index < -0.39 is 18.1 Å². The first-order valence-corrected chi connectivity index (χ1v) is 11.8. The van der Waals surface area contributed by atoms with Crippen LogP contribution in [-0.4, -0.2) is 71.1 Å². The fourth-order valence-corrected chi connectivity index (χ4v) is 6.96. The summed E-state index contributed by atoms with van der Waals surface area (Å²) in [6.45, 7) is 8.27. The van der Waals surface area contributed by atoms with Crippen LogP contribution in [0.2, 0.25) is 0 Å². The number of nitrogens with zero attached hydrogens (tertiary/aromatic N) is 2. The zero-order valence-electron chi connectivity index (χ0n) is 18.8. The number of aliphatic hydroxyl groups is 1. The summed E-state index contributed by atoms with van der Waals surface area (Å²) in [5.41, 5.74) is 0.487. The molecule has 0 aromatic carbocycles. The van der Waals surface area contributed by atoms with Crippen LogP contribution in [-0.2, 0) is 19.1 Å². The first kappa shape index (κ1) is 22.3. The molecule has 0 spiro atoms. The molecule has 5 aliphatic rings. The van der Waals surface area contributed by atoms with Crippen LogP contribution in [0.1, 0.15) is 58.8 Å². The Balaban J connectivity index is 1.41. The molecule has 4 aliphatic carbocycles. The van der Waals surface area contributed by atoms with Gasteiger partial charge in [-0.2, -0.15) is 0 Å². The third-order valence-electron chi connectivity index (χ3n) is 7.84. The second-order valence-electron chi connectivity index (χ2n) is 10.5. The van der Waals surface area contributed by atoms with Crippen molar-refractivity contribution in [3.63, 3.8) is 0 Å². The van der Waals surface area contributed by atoms with Crippen molar-refractivity contribution in [2.45, 2.75) is 70.9 Å². The van der Waals surface area contributed by atoms with Crippen molar-refractivity contribution in [2.75, 3.05) is 26.2 Å². The number of esters is 1. The molecule has 1 unspecified atom stereocenters. The van der Waals surface area contributed by atoms with E-state index in [1.165, 1.54) is 19.3 Å². The lowest BCUT2D eigenvalue weighted by atomic mass is 9.49. The molecular formula is C24H36N2O5. The maximum absolute atomic E-state index is 13.7. The molecule has 5 rings (SSSR count). The number of amides is 2. The maximum Gasteiger partial charge on any atom is 0.329 e. The molecule has 1 N–H and O–H groups in total. The molecule has 1 saturated heterocycles. The van der Waals surface area contributed by atoms with Crippen molar-refractivity contribution in [1.29, 1.82) is 0 Å². The predicted octanol–water partition coefficient (Wildman–Crippen LogP) is 2.13. The topological polar surface area (TPSA) is 87.2 Å². The highest BCUT2D eigenvalue weighted by Gasteiger charge is 2.57. The summed E-state index contributed by atoms with van der Waals surface area (Å²) in [6.07, 6.45) is 5.89. The molecule has 2 amide bonds. The van der Waals surface area contributed by atoms with Gasteiger partial charge in [-0.15, -0.1) is 0 Å². The van der Waals surface area contributed by atoms with Crippen molar-refractivity contribution >= 4 is 17.8 Å². The lowest BCUT2D eigenvalue weighted by Crippen LogP contribution is -2.56. The zero-order chi connectivity index (χ0) is 22.3. The quantitative estimate of drug-likeness (QED) is 0.492. The normalized spacial score (nSPS) is 35.8. The predicted molar refractivity (Wildman–Crippen MR) is 115 cm³/mol. The molecule has 0 aromatic heterocycles. The van der Waals surface area contributed by atoms with Gasteiger partial charge >= 0.3 is 5.97 Å². The van der Waals surface area contributed by atoms with E-state index in [1.807, 2.05) is 13.8 Å². The lowest BCUT2D eigenvalue weighted by molar-refractivity contribution is -0.166. The van der Waals surface area contributed by atoms with Crippen LogP contribution >= 0.6 is 0 Å². The standard InChI is InChI=1S/C24H36N2O5/c1-4-25(12-15(2)3)21(28)14-31-22(29)20-8-19(27)13-26(20)23(30)24-9-16-5-17(10-24)7-18(6-16)11-24/h16-20,27H,2,4-14H2,1,3H3/t16?,17?,18?,19?,20-,24?/m0/s1. The average Bonchev–Trinajstić information content (AvgIpc) is 3.09. The van der Waals surface area contributed by atoms with E-state index in [4.69, 9.17) is 4.74 Å². The van der Waals surface area contributed by atoms with Crippen molar-refractivity contribution in [2.24, 2.45) is 23.2 Å². The van der Waals surface area contributed by atoms with E-state index in [1.54, 1.807) is 9.80 Å². The molecule has 5 fully saturated rings. The van der Waals surface area contributed by atoms with E-state index in [0.29, 0.717) is 30.8 Å². The van der Waals surface area contributed by atoms with Gasteiger partial charge < -0.3 is 19.6 Å². The number of likely N-dealkylation sites (N-methyl/N-ethyl adjacent to an activating group) is 1. The summed E-state index contributed by atoms with van der Waals surface area (Å²) in [4.78, 5) is 42.1. The Labute approximate surface area is 184 Å². The van der Waals surface area contributed by atoms with E-state index in [9.17, 15) is 19.5 Å². The van der Waals surface area contributed by atoms with Crippen LogP contribution in [0.4, 0.5) is 0 Å². The largest absolute Gasteiger partial charge is 0.454 e. The zero-order valence-corrected chi connectivity index (χ0v) is 18.8. The van der Waals surface area contributed by atoms with Gasteiger partial charge in [-0.3, -0.25) is 9.59 Å². The Morgan fingerprint density at radius 3 is 2.19 bits per heavy atom. The van der Waals surface area contributed by atoms with Gasteiger partial charge in [0.25, 0.3) is 5.91 Å². The first-order valence-electron chi connectivity index (χ1n) is 11.8. The molecule has 31 heavy (non-hydrogen) atoms. The number of hydrogen-bond donors (Lipinski definition) is 1. The second kappa shape index (κ2) is 8.57. The molecule has 1 aliphatic heterocycles. The van der Waals surface area contributed by atoms with Gasteiger partial charge in [-0.1, -0.05) is 12.2 Å². The maximum atomic E-state index is 13.7. The number of ether oxygens (including phenoxy) is 1. The van der Waals surface area contributed by atoms with Crippen molar-refractivity contribution in [1.82, 2.24) is 9.80 Å². The Morgan fingerprint density at radius 1 is 1.10 bits per heavy atom. The second-order valence-corrected chi connectivity index (χ2v) is 10.5. The minimum Gasteiger partial charge on any atom is -0.454 e. The molecule has 4 saturated carbocycles. The lowest BCUT2D eigenvalue weighted by Gasteiger charge is -2.56. The van der Waals surface area contributed by atoms with Gasteiger partial charge in [0.15, 0.2) is 6.61 Å². The number of likely N-dealkylation sites (tertiary alicyclic amines) is 1. The Bertz CT molecular complexity index is 728. The molecule has 7 heteroatoms. The fourth-order valence-electron chi connectivity index (χ4n) is 6.96. The number of carbonyl (C=O) groups is 3. The average molecular weight is 433 g/mol. The highest BCUT2D eigenvalue weighted by molar-refractivity contribution is 5.90. The molecule has 172 valence electrons. The van der Waals surface area contributed by atoms with E-state index in [2.05, 4.69) is 6.58 Å². The van der Waals surface area contributed by atoms with Gasteiger partial charge in [0.05, 0.1) is 11.5 Å². The third-order valence-corrected chi connectivity index (χ3v) is 7.84. The van der Waals surface area contributed by atoms with Crippen LogP contribution in [0.3, 0.4) is 0 Å². The number of carbonyl (C=O) groups excluding carboxylic acids is 3. The third kappa shape index (κ3) is 4.38. The summed E-state index contributed by atoms with van der Waals surface area (Å²) in [6, 6.07) is -0.806.